The van der Waals surface area contributed by atoms with Crippen molar-refractivity contribution in [3.8, 4) is 56.2 Å². The summed E-state index contributed by atoms with van der Waals surface area (Å²) in [6.45, 7) is 4.71. The zero-order chi connectivity index (χ0) is 36.0. The summed E-state index contributed by atoms with van der Waals surface area (Å²) in [6.07, 6.45) is 0. The normalized spacial score (nSPS) is 13.1. The van der Waals surface area contributed by atoms with Crippen LogP contribution in [0.15, 0.2) is 170 Å². The van der Waals surface area contributed by atoms with E-state index in [4.69, 9.17) is 9.97 Å². The van der Waals surface area contributed by atoms with Gasteiger partial charge < -0.3 is 0 Å². The molecule has 0 aliphatic heterocycles. The summed E-state index contributed by atoms with van der Waals surface area (Å²) in [4.78, 5) is 10.6. The zero-order valence-electron chi connectivity index (χ0n) is 30.0. The van der Waals surface area contributed by atoms with E-state index in [-0.39, 0.29) is 5.41 Å². The Bertz CT molecular complexity index is 3130. The minimum atomic E-state index is -0.0704. The van der Waals surface area contributed by atoms with Gasteiger partial charge in [-0.1, -0.05) is 147 Å². The highest BCUT2D eigenvalue weighted by atomic mass is 32.1. The van der Waals surface area contributed by atoms with Gasteiger partial charge >= 0.3 is 0 Å². The van der Waals surface area contributed by atoms with E-state index in [1.54, 1.807) is 0 Å². The molecule has 0 unspecified atom stereocenters. The van der Waals surface area contributed by atoms with Crippen LogP contribution in [-0.4, -0.2) is 9.97 Å². The zero-order valence-corrected chi connectivity index (χ0v) is 30.8. The predicted molar refractivity (Wildman–Crippen MR) is 229 cm³/mol. The first kappa shape index (κ1) is 31.1. The third kappa shape index (κ3) is 4.72. The van der Waals surface area contributed by atoms with E-state index in [2.05, 4.69) is 184 Å². The van der Waals surface area contributed by atoms with Crippen molar-refractivity contribution in [2.24, 2.45) is 0 Å². The molecule has 2 nitrogen and oxygen atoms in total. The number of hydrogen-bond donors (Lipinski definition) is 0. The van der Waals surface area contributed by atoms with Crippen LogP contribution in [0, 0.1) is 0 Å². The Balaban J connectivity index is 1.09. The predicted octanol–water partition coefficient (Wildman–Crippen LogP) is 14.1. The third-order valence-corrected chi connectivity index (χ3v) is 12.7. The average molecular weight is 707 g/mol. The van der Waals surface area contributed by atoms with Crippen LogP contribution in [-0.2, 0) is 5.41 Å². The molecular weight excluding hydrogens is 673 g/mol. The van der Waals surface area contributed by atoms with Gasteiger partial charge in [-0.3, -0.25) is 0 Å². The Hall–Kier alpha value is -6.42. The molecule has 0 saturated heterocycles. The van der Waals surface area contributed by atoms with Crippen molar-refractivity contribution in [2.75, 3.05) is 0 Å². The van der Waals surface area contributed by atoms with E-state index in [9.17, 15) is 0 Å². The number of hydrogen-bond acceptors (Lipinski definition) is 3. The number of thiophene rings is 1. The molecule has 0 atom stereocenters. The summed E-state index contributed by atoms with van der Waals surface area (Å²) < 4.78 is 2.58. The van der Waals surface area contributed by atoms with E-state index >= 15 is 0 Å². The minimum Gasteiger partial charge on any atom is -0.228 e. The van der Waals surface area contributed by atoms with Gasteiger partial charge in [0, 0.05) is 42.3 Å². The summed E-state index contributed by atoms with van der Waals surface area (Å²) in [5.74, 6) is 0.723. The second-order valence-electron chi connectivity index (χ2n) is 14.9. The first-order valence-corrected chi connectivity index (χ1v) is 19.4. The lowest BCUT2D eigenvalue weighted by Crippen LogP contribution is -2.14. The Morgan fingerprint density at radius 1 is 0.407 bits per heavy atom. The van der Waals surface area contributed by atoms with Crippen molar-refractivity contribution >= 4 is 53.1 Å². The van der Waals surface area contributed by atoms with Gasteiger partial charge in [-0.05, 0) is 91.3 Å². The van der Waals surface area contributed by atoms with E-state index in [1.165, 1.54) is 69.7 Å². The molecule has 3 heteroatoms. The number of fused-ring (bicyclic) bond motifs is 9. The highest BCUT2D eigenvalue weighted by Crippen LogP contribution is 2.52. The molecule has 54 heavy (non-hydrogen) atoms. The second kappa shape index (κ2) is 11.8. The van der Waals surface area contributed by atoms with Crippen LogP contribution in [0.4, 0.5) is 0 Å². The molecule has 0 bridgehead atoms. The molecule has 2 aromatic heterocycles. The molecule has 2 heterocycles. The molecule has 0 fully saturated rings. The number of benzene rings is 8. The van der Waals surface area contributed by atoms with Crippen molar-refractivity contribution in [1.82, 2.24) is 9.97 Å². The SMILES string of the molecule is CC1(C)c2ccc(-c3ccc(-c4nc(-c5ccccc5)cc(-c5ccc6sc7ccccc7c6c5)n4)c4ccccc34)cc2-c2c1ccc1ccccc21. The molecule has 1 aliphatic rings. The van der Waals surface area contributed by atoms with Gasteiger partial charge in [-0.15, -0.1) is 11.3 Å². The van der Waals surface area contributed by atoms with Crippen molar-refractivity contribution in [2.45, 2.75) is 19.3 Å². The molecule has 10 aromatic rings. The van der Waals surface area contributed by atoms with E-state index in [0.717, 1.165) is 39.3 Å². The molecule has 254 valence electrons. The maximum absolute atomic E-state index is 5.33. The lowest BCUT2D eigenvalue weighted by atomic mass is 9.81. The number of aromatic nitrogens is 2. The van der Waals surface area contributed by atoms with Crippen LogP contribution < -0.4 is 0 Å². The van der Waals surface area contributed by atoms with Crippen LogP contribution >= 0.6 is 11.3 Å². The van der Waals surface area contributed by atoms with Gasteiger partial charge in [-0.25, -0.2) is 9.97 Å². The average Bonchev–Trinajstić information content (AvgIpc) is 3.71. The van der Waals surface area contributed by atoms with E-state index < -0.39 is 0 Å². The Labute approximate surface area is 318 Å². The molecule has 0 amide bonds. The molecule has 1 aliphatic carbocycles. The van der Waals surface area contributed by atoms with E-state index in [1.807, 2.05) is 11.3 Å². The quantitative estimate of drug-likeness (QED) is 0.182. The molecule has 0 spiro atoms. The molecule has 0 saturated carbocycles. The van der Waals surface area contributed by atoms with E-state index in [0.29, 0.717) is 0 Å². The summed E-state index contributed by atoms with van der Waals surface area (Å²) in [7, 11) is 0. The van der Waals surface area contributed by atoms with Crippen LogP contribution in [0.25, 0.3) is 97.9 Å². The minimum absolute atomic E-state index is 0.0704. The van der Waals surface area contributed by atoms with Gasteiger partial charge in [0.1, 0.15) is 0 Å². The first-order chi connectivity index (χ1) is 26.5. The monoisotopic (exact) mass is 706 g/mol. The summed E-state index contributed by atoms with van der Waals surface area (Å²) in [5, 5.41) is 7.46. The smallest absolute Gasteiger partial charge is 0.161 e. The standard InChI is InChI=1S/C51H34N2S/c1-51(2)43-25-21-33(28-42(43)49-36-15-7-6-12-31(36)20-26-44(49)51)35-23-24-40(38-17-9-8-16-37(35)38)50-52-45(32-13-4-3-5-14-32)30-46(53-50)34-22-27-48-41(29-34)39-18-10-11-19-47(39)54-48/h3-30H,1-2H3. The van der Waals surface area contributed by atoms with Crippen molar-refractivity contribution < 1.29 is 0 Å². The molecule has 8 aromatic carbocycles. The van der Waals surface area contributed by atoms with Crippen LogP contribution in [0.5, 0.6) is 0 Å². The lowest BCUT2D eigenvalue weighted by molar-refractivity contribution is 0.661. The fraction of sp³-hybridized carbons (Fsp3) is 0.0588. The highest BCUT2D eigenvalue weighted by molar-refractivity contribution is 7.25. The van der Waals surface area contributed by atoms with Gasteiger partial charge in [0.2, 0.25) is 0 Å². The summed E-state index contributed by atoms with van der Waals surface area (Å²) in [6, 6.07) is 61.7. The summed E-state index contributed by atoms with van der Waals surface area (Å²) >= 11 is 1.84. The van der Waals surface area contributed by atoms with Gasteiger partial charge in [0.15, 0.2) is 5.82 Å². The summed E-state index contributed by atoms with van der Waals surface area (Å²) in [5.41, 5.74) is 12.8. The lowest BCUT2D eigenvalue weighted by Gasteiger charge is -2.21. The Morgan fingerprint density at radius 2 is 1.04 bits per heavy atom. The topological polar surface area (TPSA) is 25.8 Å². The maximum Gasteiger partial charge on any atom is 0.161 e. The first-order valence-electron chi connectivity index (χ1n) is 18.6. The third-order valence-electron chi connectivity index (χ3n) is 11.5. The van der Waals surface area contributed by atoms with Gasteiger partial charge in [0.05, 0.1) is 11.4 Å². The molecule has 0 radical (unpaired) electrons. The molecule has 0 N–H and O–H groups in total. The fourth-order valence-corrected chi connectivity index (χ4v) is 9.88. The van der Waals surface area contributed by atoms with Gasteiger partial charge in [0.25, 0.3) is 0 Å². The second-order valence-corrected chi connectivity index (χ2v) is 16.0. The van der Waals surface area contributed by atoms with Crippen LogP contribution in [0.1, 0.15) is 25.0 Å². The molecular formula is C51H34N2S. The van der Waals surface area contributed by atoms with Crippen LogP contribution in [0.2, 0.25) is 0 Å². The number of nitrogens with zero attached hydrogens (tertiary/aromatic N) is 2. The Morgan fingerprint density at radius 3 is 1.87 bits per heavy atom. The maximum atomic E-state index is 5.33. The molecule has 11 rings (SSSR count). The van der Waals surface area contributed by atoms with Gasteiger partial charge in [-0.2, -0.15) is 0 Å². The van der Waals surface area contributed by atoms with Crippen molar-refractivity contribution in [1.29, 1.82) is 0 Å². The Kier molecular flexibility index (Phi) is 6.80. The number of rotatable bonds is 4. The highest BCUT2D eigenvalue weighted by Gasteiger charge is 2.36. The van der Waals surface area contributed by atoms with Crippen molar-refractivity contribution in [3.63, 3.8) is 0 Å². The van der Waals surface area contributed by atoms with Crippen LogP contribution in [0.3, 0.4) is 0 Å². The largest absolute Gasteiger partial charge is 0.228 e. The fourth-order valence-electron chi connectivity index (χ4n) is 8.79. The van der Waals surface area contributed by atoms with Crippen molar-refractivity contribution in [3.05, 3.63) is 181 Å².